The minimum atomic E-state index is -4.73. The second-order valence-corrected chi connectivity index (χ2v) is 11.1. The first-order chi connectivity index (χ1) is 17.8. The predicted octanol–water partition coefficient (Wildman–Crippen LogP) is 6.88. The molecule has 2 aromatic rings. The Morgan fingerprint density at radius 3 is 2.55 bits per heavy atom. The van der Waals surface area contributed by atoms with Crippen LogP contribution < -0.4 is 9.64 Å². The van der Waals surface area contributed by atoms with Crippen molar-refractivity contribution in [3.8, 4) is 5.75 Å². The van der Waals surface area contributed by atoms with Crippen LogP contribution in [0.5, 0.6) is 5.75 Å². The molecule has 12 heteroatoms. The molecule has 0 radical (unpaired) electrons. The Hall–Kier alpha value is -2.60. The number of aromatic carboxylic acids is 1. The molecule has 1 aromatic carbocycles. The number of rotatable bonds is 8. The molecular weight excluding hydrogens is 529 g/mol. The van der Waals surface area contributed by atoms with Gasteiger partial charge in [0.1, 0.15) is 12.4 Å². The summed E-state index contributed by atoms with van der Waals surface area (Å²) in [6, 6.07) is 5.05. The van der Waals surface area contributed by atoms with Crippen molar-refractivity contribution in [3.05, 3.63) is 47.3 Å². The van der Waals surface area contributed by atoms with Gasteiger partial charge in [0.15, 0.2) is 5.69 Å². The van der Waals surface area contributed by atoms with E-state index < -0.39 is 36.0 Å². The van der Waals surface area contributed by atoms with Crippen LogP contribution in [0.4, 0.5) is 27.6 Å². The number of carbonyl (C=O) groups is 1. The number of aromatic nitrogens is 1. The molecule has 2 aliphatic rings. The van der Waals surface area contributed by atoms with Crippen LogP contribution in [0.25, 0.3) is 0 Å². The van der Waals surface area contributed by atoms with E-state index in [9.17, 15) is 31.9 Å². The number of pyridine rings is 1. The molecule has 0 bridgehead atoms. The number of hydrogen-bond acceptors (Lipinski definition) is 6. The van der Waals surface area contributed by atoms with Crippen LogP contribution in [0.1, 0.15) is 67.1 Å². The fourth-order valence-electron chi connectivity index (χ4n) is 5.02. The molecule has 1 N–H and O–H groups in total. The van der Waals surface area contributed by atoms with Crippen LogP contribution in [0.2, 0.25) is 0 Å². The largest absolute Gasteiger partial charge is 0.488 e. The zero-order valence-electron chi connectivity index (χ0n) is 21.1. The smallest absolute Gasteiger partial charge is 0.420 e. The van der Waals surface area contributed by atoms with Gasteiger partial charge in [0.05, 0.1) is 16.1 Å². The van der Waals surface area contributed by atoms with E-state index in [2.05, 4.69) is 4.98 Å². The first kappa shape index (κ1) is 28.4. The van der Waals surface area contributed by atoms with E-state index >= 15 is 0 Å². The molecule has 1 aromatic heterocycles. The first-order valence-corrected chi connectivity index (χ1v) is 13.2. The third-order valence-corrected chi connectivity index (χ3v) is 8.11. The van der Waals surface area contributed by atoms with Gasteiger partial charge in [-0.2, -0.15) is 13.2 Å². The van der Waals surface area contributed by atoms with Crippen LogP contribution in [-0.2, 0) is 12.8 Å². The van der Waals surface area contributed by atoms with Crippen molar-refractivity contribution in [2.24, 2.45) is 0 Å². The number of hydrogen-bond donors (Lipinski definition) is 1. The van der Waals surface area contributed by atoms with Crippen molar-refractivity contribution in [1.82, 2.24) is 9.29 Å². The van der Waals surface area contributed by atoms with Gasteiger partial charge in [0, 0.05) is 36.8 Å². The maximum absolute atomic E-state index is 14.3. The molecule has 0 unspecified atom stereocenters. The molecule has 2 heterocycles. The zero-order valence-corrected chi connectivity index (χ0v) is 21.9. The predicted molar refractivity (Wildman–Crippen MR) is 134 cm³/mol. The Bertz CT molecular complexity index is 1150. The normalized spacial score (nSPS) is 19.3. The summed E-state index contributed by atoms with van der Waals surface area (Å²) in [7, 11) is 1.76. The number of fused-ring (bicyclic) bond motifs is 1. The highest BCUT2D eigenvalue weighted by Crippen LogP contribution is 2.47. The number of alkyl halides is 5. The third-order valence-electron chi connectivity index (χ3n) is 7.00. The highest BCUT2D eigenvalue weighted by atomic mass is 32.2. The van der Waals surface area contributed by atoms with E-state index in [0.717, 1.165) is 38.7 Å². The minimum absolute atomic E-state index is 0.0202. The summed E-state index contributed by atoms with van der Waals surface area (Å²) in [5.41, 5.74) is -0.720. The molecule has 6 nitrogen and oxygen atoms in total. The lowest BCUT2D eigenvalue weighted by Gasteiger charge is -2.35. The van der Waals surface area contributed by atoms with E-state index in [1.165, 1.54) is 36.3 Å². The summed E-state index contributed by atoms with van der Waals surface area (Å²) in [5.74, 6) is -4.58. The Morgan fingerprint density at radius 2 is 1.92 bits per heavy atom. The average molecular weight is 560 g/mol. The summed E-state index contributed by atoms with van der Waals surface area (Å²) >= 11 is 1.21. The second kappa shape index (κ2) is 11.3. The molecular formula is C26H30F5N3O3S. The van der Waals surface area contributed by atoms with Gasteiger partial charge in [-0.05, 0) is 63.4 Å². The highest BCUT2D eigenvalue weighted by Gasteiger charge is 2.39. The van der Waals surface area contributed by atoms with E-state index in [-0.39, 0.29) is 36.2 Å². The Kier molecular flexibility index (Phi) is 8.41. The molecule has 4 rings (SSSR count). The molecule has 1 aliphatic carbocycles. The zero-order chi connectivity index (χ0) is 27.7. The molecule has 1 aliphatic heterocycles. The number of halogens is 5. The maximum atomic E-state index is 14.3. The molecule has 0 saturated heterocycles. The maximum Gasteiger partial charge on any atom is 0.420 e. The SMILES string of the molecule is CN1Sc2cc(OCc3cccnc3C(=O)O)c(C(F)(F)F)cc2N(C2CCCC2)C[C@H]1CCC(C)(F)F. The van der Waals surface area contributed by atoms with Gasteiger partial charge < -0.3 is 14.7 Å². The molecule has 1 saturated carbocycles. The first-order valence-electron chi connectivity index (χ1n) is 12.4. The van der Waals surface area contributed by atoms with Gasteiger partial charge in [-0.25, -0.2) is 22.9 Å². The molecule has 0 amide bonds. The number of carboxylic acids is 1. The molecule has 38 heavy (non-hydrogen) atoms. The lowest BCUT2D eigenvalue weighted by Crippen LogP contribution is -2.43. The molecule has 1 atom stereocenters. The molecule has 1 fully saturated rings. The fourth-order valence-corrected chi connectivity index (χ4v) is 6.08. The van der Waals surface area contributed by atoms with Crippen LogP contribution in [0.15, 0.2) is 35.4 Å². The monoisotopic (exact) mass is 559 g/mol. The van der Waals surface area contributed by atoms with Crippen molar-refractivity contribution in [2.75, 3.05) is 18.5 Å². The summed E-state index contributed by atoms with van der Waals surface area (Å²) in [4.78, 5) is 17.7. The number of ether oxygens (including phenoxy) is 1. The average Bonchev–Trinajstić information content (AvgIpc) is 3.32. The van der Waals surface area contributed by atoms with Crippen LogP contribution >= 0.6 is 11.9 Å². The highest BCUT2D eigenvalue weighted by molar-refractivity contribution is 7.97. The van der Waals surface area contributed by atoms with Gasteiger partial charge in [0.25, 0.3) is 0 Å². The van der Waals surface area contributed by atoms with E-state index in [1.54, 1.807) is 7.05 Å². The Labute approximate surface area is 222 Å². The van der Waals surface area contributed by atoms with Crippen molar-refractivity contribution in [1.29, 1.82) is 0 Å². The number of anilines is 1. The van der Waals surface area contributed by atoms with Crippen molar-refractivity contribution >= 4 is 23.6 Å². The topological polar surface area (TPSA) is 65.9 Å². The molecule has 0 spiro atoms. The third kappa shape index (κ3) is 6.69. The number of likely N-dealkylation sites (N-methyl/N-ethyl adjacent to an activating group) is 1. The summed E-state index contributed by atoms with van der Waals surface area (Å²) in [6.07, 6.45) is -0.0152. The van der Waals surface area contributed by atoms with Crippen LogP contribution in [-0.4, -0.2) is 52.0 Å². The van der Waals surface area contributed by atoms with Gasteiger partial charge in [-0.1, -0.05) is 18.9 Å². The minimum Gasteiger partial charge on any atom is -0.488 e. The Balaban J connectivity index is 1.72. The van der Waals surface area contributed by atoms with Gasteiger partial charge in [-0.15, -0.1) is 0 Å². The van der Waals surface area contributed by atoms with E-state index in [0.29, 0.717) is 17.1 Å². The number of carboxylic acid groups (broad SMARTS) is 1. The molecule has 208 valence electrons. The lowest BCUT2D eigenvalue weighted by atomic mass is 10.0. The van der Waals surface area contributed by atoms with Crippen molar-refractivity contribution in [2.45, 2.75) is 81.1 Å². The van der Waals surface area contributed by atoms with Crippen molar-refractivity contribution < 1.29 is 36.6 Å². The summed E-state index contributed by atoms with van der Waals surface area (Å²) in [5, 5.41) is 9.36. The number of nitrogens with zero attached hydrogens (tertiary/aromatic N) is 3. The lowest BCUT2D eigenvalue weighted by molar-refractivity contribution is -0.139. The van der Waals surface area contributed by atoms with Gasteiger partial charge in [-0.3, -0.25) is 0 Å². The van der Waals surface area contributed by atoms with Crippen LogP contribution in [0.3, 0.4) is 0 Å². The van der Waals surface area contributed by atoms with Crippen LogP contribution in [0, 0.1) is 0 Å². The quantitative estimate of drug-likeness (QED) is 0.279. The second-order valence-electron chi connectivity index (χ2n) is 9.91. The van der Waals surface area contributed by atoms with E-state index in [1.807, 2.05) is 9.21 Å². The van der Waals surface area contributed by atoms with Crippen molar-refractivity contribution in [3.63, 3.8) is 0 Å². The standard InChI is InChI=1S/C26H30F5N3O3S/c1-25(27,28)10-9-18-14-34(17-7-3-4-8-17)20-12-19(26(29,30)31)21(13-22(20)38-33(18)2)37-15-16-6-5-11-32-23(16)24(35)36/h5-6,11-13,17-18H,3-4,7-10,14-15H2,1-2H3,(H,35,36)/t18-/m1/s1. The summed E-state index contributed by atoms with van der Waals surface area (Å²) in [6.45, 7) is 0.794. The van der Waals surface area contributed by atoms with E-state index in [4.69, 9.17) is 4.74 Å². The van der Waals surface area contributed by atoms with Gasteiger partial charge >= 0.3 is 12.1 Å². The fraction of sp³-hybridized carbons (Fsp3) is 0.538. The Morgan fingerprint density at radius 1 is 1.21 bits per heavy atom. The number of benzene rings is 1. The summed E-state index contributed by atoms with van der Waals surface area (Å²) < 4.78 is 77.6. The van der Waals surface area contributed by atoms with Gasteiger partial charge in [0.2, 0.25) is 5.92 Å².